The molecule has 0 saturated carbocycles. The summed E-state index contributed by atoms with van der Waals surface area (Å²) in [6.07, 6.45) is 3.65. The van der Waals surface area contributed by atoms with Crippen molar-refractivity contribution in [3.05, 3.63) is 16.1 Å². The molecule has 0 N–H and O–H groups in total. The lowest BCUT2D eigenvalue weighted by Gasteiger charge is -2.16. The molecule has 0 radical (unpaired) electrons. The molecule has 1 aromatic heterocycles. The summed E-state index contributed by atoms with van der Waals surface area (Å²) in [7, 11) is 1.40. The van der Waals surface area contributed by atoms with E-state index in [1.165, 1.54) is 19.2 Å². The molecule has 0 amide bonds. The highest BCUT2D eigenvalue weighted by atomic mass is 79.9. The van der Waals surface area contributed by atoms with Crippen molar-refractivity contribution in [2.24, 2.45) is 0 Å². The third kappa shape index (κ3) is 2.07. The normalized spacial score (nSPS) is 14.8. The second kappa shape index (κ2) is 4.35. The summed E-state index contributed by atoms with van der Waals surface area (Å²) in [5.74, 6) is 0.573. The lowest BCUT2D eigenvalue weighted by molar-refractivity contribution is -0.139. The Hall–Kier alpha value is -0.840. The van der Waals surface area contributed by atoms with Gasteiger partial charge in [0, 0.05) is 6.54 Å². The van der Waals surface area contributed by atoms with Gasteiger partial charge in [-0.2, -0.15) is 0 Å². The Labute approximate surface area is 96.8 Å². The Balaban J connectivity index is 2.28. The molecule has 2 heterocycles. The van der Waals surface area contributed by atoms with Crippen LogP contribution in [0.2, 0.25) is 0 Å². The second-order valence-corrected chi connectivity index (χ2v) is 4.38. The molecule has 0 unspecified atom stereocenters. The number of rotatable bonds is 2. The minimum atomic E-state index is -0.235. The number of ether oxygens (including phenoxy) is 1. The van der Waals surface area contributed by atoms with Gasteiger partial charge in [-0.25, -0.2) is 4.98 Å². The fourth-order valence-corrected chi connectivity index (χ4v) is 2.52. The van der Waals surface area contributed by atoms with E-state index in [9.17, 15) is 4.79 Å². The van der Waals surface area contributed by atoms with Crippen LogP contribution in [0, 0.1) is 0 Å². The van der Waals surface area contributed by atoms with Gasteiger partial charge < -0.3 is 9.30 Å². The van der Waals surface area contributed by atoms with Crippen molar-refractivity contribution in [2.75, 3.05) is 7.11 Å². The molecule has 5 heteroatoms. The number of carbonyl (C=O) groups is 1. The maximum absolute atomic E-state index is 11.2. The number of esters is 1. The molecule has 0 bridgehead atoms. The fourth-order valence-electron chi connectivity index (χ4n) is 1.91. The van der Waals surface area contributed by atoms with Gasteiger partial charge >= 0.3 is 5.97 Å². The Morgan fingerprint density at radius 2 is 2.40 bits per heavy atom. The van der Waals surface area contributed by atoms with E-state index in [0.29, 0.717) is 0 Å². The molecule has 0 aromatic carbocycles. The minimum Gasteiger partial charge on any atom is -0.469 e. The number of aromatic nitrogens is 2. The SMILES string of the molecule is COC(=O)Cc1nc(Br)c2n1CCCC2. The highest BCUT2D eigenvalue weighted by molar-refractivity contribution is 9.10. The van der Waals surface area contributed by atoms with Gasteiger partial charge in [0.05, 0.1) is 12.8 Å². The maximum Gasteiger partial charge on any atom is 0.313 e. The Bertz CT molecular complexity index is 387. The summed E-state index contributed by atoms with van der Waals surface area (Å²) >= 11 is 3.43. The zero-order chi connectivity index (χ0) is 10.8. The minimum absolute atomic E-state index is 0.235. The van der Waals surface area contributed by atoms with Crippen LogP contribution in [0.4, 0.5) is 0 Å². The van der Waals surface area contributed by atoms with Gasteiger partial charge in [0.1, 0.15) is 16.8 Å². The van der Waals surface area contributed by atoms with Crippen molar-refractivity contribution in [1.29, 1.82) is 0 Å². The molecule has 0 fully saturated rings. The smallest absolute Gasteiger partial charge is 0.313 e. The highest BCUT2D eigenvalue weighted by Gasteiger charge is 2.20. The van der Waals surface area contributed by atoms with Crippen molar-refractivity contribution < 1.29 is 9.53 Å². The van der Waals surface area contributed by atoms with E-state index in [4.69, 9.17) is 0 Å². The number of methoxy groups -OCH3 is 1. The van der Waals surface area contributed by atoms with Crippen molar-refractivity contribution in [3.8, 4) is 0 Å². The van der Waals surface area contributed by atoms with E-state index in [0.717, 1.165) is 29.8 Å². The summed E-state index contributed by atoms with van der Waals surface area (Å²) in [5.41, 5.74) is 1.21. The van der Waals surface area contributed by atoms with E-state index in [-0.39, 0.29) is 12.4 Å². The first kappa shape index (κ1) is 10.7. The van der Waals surface area contributed by atoms with Crippen LogP contribution in [-0.4, -0.2) is 22.6 Å². The summed E-state index contributed by atoms with van der Waals surface area (Å²) in [5, 5.41) is 0. The van der Waals surface area contributed by atoms with Gasteiger partial charge in [0.15, 0.2) is 0 Å². The zero-order valence-corrected chi connectivity index (χ0v) is 10.2. The third-order valence-electron chi connectivity index (χ3n) is 2.68. The third-order valence-corrected chi connectivity index (χ3v) is 3.31. The Kier molecular flexibility index (Phi) is 3.09. The van der Waals surface area contributed by atoms with Gasteiger partial charge in [-0.15, -0.1) is 0 Å². The van der Waals surface area contributed by atoms with Crippen LogP contribution in [-0.2, 0) is 28.9 Å². The Morgan fingerprint density at radius 3 is 3.13 bits per heavy atom. The first-order valence-electron chi connectivity index (χ1n) is 5.03. The van der Waals surface area contributed by atoms with Crippen LogP contribution in [0.5, 0.6) is 0 Å². The number of carbonyl (C=O) groups excluding carboxylic acids is 1. The molecule has 2 rings (SSSR count). The van der Waals surface area contributed by atoms with Crippen molar-refractivity contribution in [3.63, 3.8) is 0 Å². The number of fused-ring (bicyclic) bond motifs is 1. The number of nitrogens with zero attached hydrogens (tertiary/aromatic N) is 2. The molecule has 0 atom stereocenters. The van der Waals surface area contributed by atoms with Crippen LogP contribution in [0.3, 0.4) is 0 Å². The first-order chi connectivity index (χ1) is 7.22. The van der Waals surface area contributed by atoms with Gasteiger partial charge in [-0.1, -0.05) is 0 Å². The van der Waals surface area contributed by atoms with Crippen LogP contribution < -0.4 is 0 Å². The second-order valence-electron chi connectivity index (χ2n) is 3.63. The molecule has 0 spiro atoms. The van der Waals surface area contributed by atoms with Crippen LogP contribution in [0.15, 0.2) is 4.60 Å². The standard InChI is InChI=1S/C10H13BrN2O2/c1-15-9(14)6-8-12-10(11)7-4-2-3-5-13(7)8/h2-6H2,1H3. The van der Waals surface area contributed by atoms with Crippen LogP contribution in [0.1, 0.15) is 24.4 Å². The maximum atomic E-state index is 11.2. The van der Waals surface area contributed by atoms with Crippen molar-refractivity contribution in [2.45, 2.75) is 32.2 Å². The van der Waals surface area contributed by atoms with Crippen molar-refractivity contribution in [1.82, 2.24) is 9.55 Å². The molecule has 1 aromatic rings. The quantitative estimate of drug-likeness (QED) is 0.770. The molecule has 1 aliphatic rings. The first-order valence-corrected chi connectivity index (χ1v) is 5.82. The molecule has 4 nitrogen and oxygen atoms in total. The molecular weight excluding hydrogens is 260 g/mol. The average Bonchev–Trinajstić information content (AvgIpc) is 2.57. The lowest BCUT2D eigenvalue weighted by Crippen LogP contribution is -2.16. The van der Waals surface area contributed by atoms with E-state index in [1.54, 1.807) is 0 Å². The molecule has 0 saturated heterocycles. The van der Waals surface area contributed by atoms with E-state index in [1.807, 2.05) is 0 Å². The molecule has 82 valence electrons. The highest BCUT2D eigenvalue weighted by Crippen LogP contribution is 2.24. The number of hydrogen-bond acceptors (Lipinski definition) is 3. The van der Waals surface area contributed by atoms with E-state index in [2.05, 4.69) is 30.2 Å². The van der Waals surface area contributed by atoms with E-state index < -0.39 is 0 Å². The molecule has 15 heavy (non-hydrogen) atoms. The lowest BCUT2D eigenvalue weighted by atomic mass is 10.1. The summed E-state index contributed by atoms with van der Waals surface area (Å²) in [6, 6.07) is 0. The Morgan fingerprint density at radius 1 is 1.60 bits per heavy atom. The molecule has 0 aliphatic carbocycles. The van der Waals surface area contributed by atoms with Crippen LogP contribution >= 0.6 is 15.9 Å². The fraction of sp³-hybridized carbons (Fsp3) is 0.600. The summed E-state index contributed by atoms with van der Waals surface area (Å²) in [6.45, 7) is 0.959. The predicted molar refractivity (Wildman–Crippen MR) is 58.6 cm³/mol. The molecular formula is C10H13BrN2O2. The largest absolute Gasteiger partial charge is 0.469 e. The zero-order valence-electron chi connectivity index (χ0n) is 8.62. The van der Waals surface area contributed by atoms with Gasteiger partial charge in [0.2, 0.25) is 0 Å². The predicted octanol–water partition coefficient (Wildman–Crippen LogP) is 1.70. The van der Waals surface area contributed by atoms with Crippen molar-refractivity contribution >= 4 is 21.9 Å². The summed E-state index contributed by atoms with van der Waals surface area (Å²) in [4.78, 5) is 15.5. The topological polar surface area (TPSA) is 44.1 Å². The molecule has 1 aliphatic heterocycles. The van der Waals surface area contributed by atoms with Crippen LogP contribution in [0.25, 0.3) is 0 Å². The number of hydrogen-bond donors (Lipinski definition) is 0. The van der Waals surface area contributed by atoms with Gasteiger partial charge in [-0.05, 0) is 35.2 Å². The number of imidazole rings is 1. The average molecular weight is 273 g/mol. The summed E-state index contributed by atoms with van der Waals surface area (Å²) < 4.78 is 7.65. The number of halogens is 1. The monoisotopic (exact) mass is 272 g/mol. The van der Waals surface area contributed by atoms with Gasteiger partial charge in [0.25, 0.3) is 0 Å². The van der Waals surface area contributed by atoms with E-state index >= 15 is 0 Å². The van der Waals surface area contributed by atoms with Gasteiger partial charge in [-0.3, -0.25) is 4.79 Å².